The molecule has 0 unspecified atom stereocenters. The number of anilines is 1. The van der Waals surface area contributed by atoms with Crippen molar-refractivity contribution >= 4 is 31.6 Å². The van der Waals surface area contributed by atoms with Crippen LogP contribution in [-0.4, -0.2) is 35.2 Å². The number of rotatable bonds is 9. The average molecular weight is 455 g/mol. The zero-order chi connectivity index (χ0) is 20.0. The van der Waals surface area contributed by atoms with E-state index in [0.717, 1.165) is 22.3 Å². The molecule has 0 amide bonds. The Bertz CT molecular complexity index is 821. The maximum absolute atomic E-state index is 12.7. The predicted octanol–water partition coefficient (Wildman–Crippen LogP) is 4.29. The van der Waals surface area contributed by atoms with Crippen LogP contribution in [0.4, 0.5) is 5.69 Å². The largest absolute Gasteiger partial charge is 0.492 e. The van der Waals surface area contributed by atoms with E-state index in [1.54, 1.807) is 24.3 Å². The molecular formula is C20H27BrN2O3S. The van der Waals surface area contributed by atoms with E-state index in [9.17, 15) is 8.42 Å². The molecule has 0 fully saturated rings. The molecule has 2 aromatic carbocycles. The first-order valence-electron chi connectivity index (χ1n) is 8.91. The summed E-state index contributed by atoms with van der Waals surface area (Å²) < 4.78 is 34.9. The van der Waals surface area contributed by atoms with Crippen LogP contribution in [-0.2, 0) is 10.0 Å². The van der Waals surface area contributed by atoms with Gasteiger partial charge in [-0.25, -0.2) is 13.1 Å². The molecule has 2 atom stereocenters. The quantitative estimate of drug-likeness (QED) is 0.613. The number of hydrogen-bond acceptors (Lipinski definition) is 4. The van der Waals surface area contributed by atoms with E-state index in [1.807, 2.05) is 57.1 Å². The Morgan fingerprint density at radius 1 is 1.07 bits per heavy atom. The Morgan fingerprint density at radius 3 is 2.19 bits per heavy atom. The number of hydrogen-bond donors (Lipinski definition) is 1. The number of sulfonamides is 1. The summed E-state index contributed by atoms with van der Waals surface area (Å²) in [4.78, 5) is 2.26. The summed E-state index contributed by atoms with van der Waals surface area (Å²) >= 11 is 3.32. The molecule has 0 aliphatic carbocycles. The highest BCUT2D eigenvalue weighted by Crippen LogP contribution is 2.20. The van der Waals surface area contributed by atoms with Crippen molar-refractivity contribution in [3.8, 4) is 5.75 Å². The molecule has 0 bridgehead atoms. The first kappa shape index (κ1) is 21.7. The van der Waals surface area contributed by atoms with Gasteiger partial charge in [0.05, 0.1) is 10.9 Å². The van der Waals surface area contributed by atoms with Crippen molar-refractivity contribution in [2.45, 2.75) is 31.2 Å². The summed E-state index contributed by atoms with van der Waals surface area (Å²) in [6.07, 6.45) is 0.844. The van der Waals surface area contributed by atoms with Crippen molar-refractivity contribution in [2.75, 3.05) is 25.6 Å². The molecule has 0 aliphatic rings. The Labute approximate surface area is 170 Å². The van der Waals surface area contributed by atoms with E-state index in [-0.39, 0.29) is 23.5 Å². The topological polar surface area (TPSA) is 58.6 Å². The monoisotopic (exact) mass is 454 g/mol. The highest BCUT2D eigenvalue weighted by molar-refractivity contribution is 9.10. The lowest BCUT2D eigenvalue weighted by Gasteiger charge is -2.24. The van der Waals surface area contributed by atoms with Crippen molar-refractivity contribution in [1.82, 2.24) is 4.72 Å². The third kappa shape index (κ3) is 6.23. The van der Waals surface area contributed by atoms with Crippen molar-refractivity contribution < 1.29 is 13.2 Å². The lowest BCUT2D eigenvalue weighted by atomic mass is 10.0. The van der Waals surface area contributed by atoms with Crippen molar-refractivity contribution in [3.05, 3.63) is 53.0 Å². The normalized spacial score (nSPS) is 13.8. The van der Waals surface area contributed by atoms with E-state index in [4.69, 9.17) is 4.74 Å². The van der Waals surface area contributed by atoms with Crippen LogP contribution in [0, 0.1) is 5.92 Å². The molecule has 7 heteroatoms. The van der Waals surface area contributed by atoms with Gasteiger partial charge in [0.1, 0.15) is 12.4 Å². The van der Waals surface area contributed by atoms with Crippen molar-refractivity contribution in [2.24, 2.45) is 5.92 Å². The standard InChI is InChI=1S/C20H27BrN2O3S/c1-5-15(2)20(14-26-18-10-8-17(9-11-18)23(3)4)22-27(24,25)19-12-6-16(21)7-13-19/h6-13,15,20,22H,5,14H2,1-4H3/t15-,20+/m0/s1. The minimum atomic E-state index is -3.61. The molecule has 5 nitrogen and oxygen atoms in total. The van der Waals surface area contributed by atoms with E-state index in [0.29, 0.717) is 0 Å². The van der Waals surface area contributed by atoms with Crippen LogP contribution in [0.15, 0.2) is 57.9 Å². The van der Waals surface area contributed by atoms with Gasteiger partial charge in [-0.15, -0.1) is 0 Å². The fourth-order valence-corrected chi connectivity index (χ4v) is 4.10. The highest BCUT2D eigenvalue weighted by Gasteiger charge is 2.24. The van der Waals surface area contributed by atoms with Crippen molar-refractivity contribution in [3.63, 3.8) is 0 Å². The molecular weight excluding hydrogens is 428 g/mol. The van der Waals surface area contributed by atoms with Crippen LogP contribution in [0.1, 0.15) is 20.3 Å². The third-order valence-corrected chi connectivity index (χ3v) is 6.58. The van der Waals surface area contributed by atoms with Crippen LogP contribution in [0.25, 0.3) is 0 Å². The maximum atomic E-state index is 12.7. The van der Waals surface area contributed by atoms with E-state index < -0.39 is 10.0 Å². The van der Waals surface area contributed by atoms with E-state index >= 15 is 0 Å². The molecule has 2 rings (SSSR count). The van der Waals surface area contributed by atoms with Gasteiger partial charge in [-0.2, -0.15) is 0 Å². The Kier molecular flexibility index (Phi) is 7.70. The Morgan fingerprint density at radius 2 is 1.67 bits per heavy atom. The van der Waals surface area contributed by atoms with Crippen LogP contribution in [0.3, 0.4) is 0 Å². The summed E-state index contributed by atoms with van der Waals surface area (Å²) in [5.41, 5.74) is 1.08. The van der Waals surface area contributed by atoms with Crippen LogP contribution in [0.5, 0.6) is 5.75 Å². The zero-order valence-electron chi connectivity index (χ0n) is 16.1. The first-order chi connectivity index (χ1) is 12.7. The molecule has 2 aromatic rings. The first-order valence-corrected chi connectivity index (χ1v) is 11.2. The minimum Gasteiger partial charge on any atom is -0.492 e. The number of benzene rings is 2. The zero-order valence-corrected chi connectivity index (χ0v) is 18.5. The van der Waals surface area contributed by atoms with Gasteiger partial charge in [-0.3, -0.25) is 0 Å². The van der Waals surface area contributed by atoms with Gasteiger partial charge in [-0.1, -0.05) is 36.2 Å². The second-order valence-electron chi connectivity index (χ2n) is 6.77. The summed E-state index contributed by atoms with van der Waals surface area (Å²) in [6, 6.07) is 14.0. The summed E-state index contributed by atoms with van der Waals surface area (Å²) in [5.74, 6) is 0.855. The lowest BCUT2D eigenvalue weighted by molar-refractivity contribution is 0.238. The summed E-state index contributed by atoms with van der Waals surface area (Å²) in [7, 11) is 0.345. The predicted molar refractivity (Wildman–Crippen MR) is 114 cm³/mol. The molecule has 0 saturated carbocycles. The second-order valence-corrected chi connectivity index (χ2v) is 9.40. The van der Waals surface area contributed by atoms with Gasteiger partial charge in [0.2, 0.25) is 10.0 Å². The fourth-order valence-electron chi connectivity index (χ4n) is 2.51. The van der Waals surface area contributed by atoms with E-state index in [2.05, 4.69) is 20.7 Å². The van der Waals surface area contributed by atoms with Crippen LogP contribution >= 0.6 is 15.9 Å². The van der Waals surface area contributed by atoms with Crippen molar-refractivity contribution in [1.29, 1.82) is 0 Å². The minimum absolute atomic E-state index is 0.135. The van der Waals surface area contributed by atoms with Gasteiger partial charge in [0.25, 0.3) is 0 Å². The molecule has 0 heterocycles. The Hall–Kier alpha value is -1.57. The SMILES string of the molecule is CC[C@H](C)[C@@H](COc1ccc(N(C)C)cc1)NS(=O)(=O)c1ccc(Br)cc1. The Balaban J connectivity index is 2.09. The maximum Gasteiger partial charge on any atom is 0.240 e. The molecule has 1 N–H and O–H groups in total. The molecule has 0 saturated heterocycles. The van der Waals surface area contributed by atoms with Gasteiger partial charge >= 0.3 is 0 Å². The third-order valence-electron chi connectivity index (χ3n) is 4.54. The van der Waals surface area contributed by atoms with Crippen LogP contribution < -0.4 is 14.4 Å². The van der Waals surface area contributed by atoms with Gasteiger partial charge in [-0.05, 0) is 54.4 Å². The molecule has 0 spiro atoms. The second kappa shape index (κ2) is 9.57. The molecule has 0 radical (unpaired) electrons. The molecule has 148 valence electrons. The van der Waals surface area contributed by atoms with Gasteiger partial charge < -0.3 is 9.64 Å². The molecule has 0 aliphatic heterocycles. The number of halogens is 1. The van der Waals surface area contributed by atoms with Crippen LogP contribution in [0.2, 0.25) is 0 Å². The highest BCUT2D eigenvalue weighted by atomic mass is 79.9. The number of ether oxygens (including phenoxy) is 1. The average Bonchev–Trinajstić information content (AvgIpc) is 2.65. The van der Waals surface area contributed by atoms with Gasteiger partial charge in [0.15, 0.2) is 0 Å². The van der Waals surface area contributed by atoms with Gasteiger partial charge in [0, 0.05) is 24.3 Å². The molecule has 27 heavy (non-hydrogen) atoms. The fraction of sp³-hybridized carbons (Fsp3) is 0.400. The molecule has 0 aromatic heterocycles. The van der Waals surface area contributed by atoms with E-state index in [1.165, 1.54) is 0 Å². The smallest absolute Gasteiger partial charge is 0.240 e. The lowest BCUT2D eigenvalue weighted by Crippen LogP contribution is -2.43. The summed E-state index contributed by atoms with van der Waals surface area (Å²) in [5, 5.41) is 0. The number of nitrogens with one attached hydrogen (secondary N) is 1. The summed E-state index contributed by atoms with van der Waals surface area (Å²) in [6.45, 7) is 4.33. The number of nitrogens with zero attached hydrogens (tertiary/aromatic N) is 1.